The van der Waals surface area contributed by atoms with Crippen LogP contribution in [0.4, 0.5) is 0 Å². The van der Waals surface area contributed by atoms with E-state index in [0.717, 1.165) is 0 Å². The molecule has 0 radical (unpaired) electrons. The average Bonchev–Trinajstić information content (AvgIpc) is 2.78. The molecular weight excluding hydrogens is 329 g/mol. The molecule has 1 aromatic rings. The van der Waals surface area contributed by atoms with Gasteiger partial charge in [0.2, 0.25) is 0 Å². The summed E-state index contributed by atoms with van der Waals surface area (Å²) in [5, 5.41) is 10.8. The highest BCUT2D eigenvalue weighted by Crippen LogP contribution is 2.27. The second kappa shape index (κ2) is 7.51. The molecule has 2 rings (SSSR count). The lowest BCUT2D eigenvalue weighted by atomic mass is 10.2. The Morgan fingerprint density at radius 1 is 1.41 bits per heavy atom. The Morgan fingerprint density at radius 3 is 2.77 bits per heavy atom. The summed E-state index contributed by atoms with van der Waals surface area (Å²) >= 11 is 11.8. The quantitative estimate of drug-likeness (QED) is 0.888. The van der Waals surface area contributed by atoms with E-state index < -0.39 is 6.10 Å². The molecule has 5 nitrogen and oxygen atoms in total. The third-order valence-electron chi connectivity index (χ3n) is 3.28. The first-order chi connectivity index (χ1) is 10.4. The number of likely N-dealkylation sites (tertiary alicyclic amines) is 1. The molecule has 0 saturated carbocycles. The van der Waals surface area contributed by atoms with Gasteiger partial charge in [0.1, 0.15) is 11.9 Å². The Hall–Kier alpha value is -1.01. The van der Waals surface area contributed by atoms with E-state index in [1.807, 2.05) is 13.8 Å². The molecule has 0 aliphatic carbocycles. The molecule has 1 amide bonds. The zero-order chi connectivity index (χ0) is 16.3. The van der Waals surface area contributed by atoms with E-state index in [1.165, 1.54) is 4.90 Å². The van der Waals surface area contributed by atoms with Gasteiger partial charge in [0.25, 0.3) is 5.91 Å². The summed E-state index contributed by atoms with van der Waals surface area (Å²) in [6, 6.07) is 4.80. The van der Waals surface area contributed by atoms with E-state index in [0.29, 0.717) is 22.3 Å². The topological polar surface area (TPSA) is 59.0 Å². The summed E-state index contributed by atoms with van der Waals surface area (Å²) in [7, 11) is 0. The highest BCUT2D eigenvalue weighted by atomic mass is 35.5. The largest absolute Gasteiger partial charge is 0.482 e. The first-order valence-corrected chi connectivity index (χ1v) is 7.81. The fourth-order valence-corrected chi connectivity index (χ4v) is 2.73. The van der Waals surface area contributed by atoms with Crippen LogP contribution in [0, 0.1) is 0 Å². The van der Waals surface area contributed by atoms with Crippen molar-refractivity contribution in [3.63, 3.8) is 0 Å². The molecule has 22 heavy (non-hydrogen) atoms. The van der Waals surface area contributed by atoms with E-state index in [-0.39, 0.29) is 31.3 Å². The number of amides is 1. The van der Waals surface area contributed by atoms with Crippen molar-refractivity contribution in [3.8, 4) is 5.75 Å². The fraction of sp³-hybridized carbons (Fsp3) is 0.533. The Kier molecular flexibility index (Phi) is 5.92. The van der Waals surface area contributed by atoms with Crippen LogP contribution in [0.15, 0.2) is 18.2 Å². The van der Waals surface area contributed by atoms with E-state index in [9.17, 15) is 9.90 Å². The summed E-state index contributed by atoms with van der Waals surface area (Å²) < 4.78 is 11.0. The summed E-state index contributed by atoms with van der Waals surface area (Å²) in [6.07, 6.45) is -1.03. The van der Waals surface area contributed by atoms with E-state index in [2.05, 4.69) is 0 Å². The van der Waals surface area contributed by atoms with E-state index in [4.69, 9.17) is 32.7 Å². The molecule has 0 bridgehead atoms. The molecule has 1 fully saturated rings. The van der Waals surface area contributed by atoms with Crippen LogP contribution in [0.5, 0.6) is 5.75 Å². The van der Waals surface area contributed by atoms with Gasteiger partial charge >= 0.3 is 0 Å². The van der Waals surface area contributed by atoms with Gasteiger partial charge < -0.3 is 19.5 Å². The number of aliphatic hydroxyl groups is 1. The van der Waals surface area contributed by atoms with Crippen molar-refractivity contribution < 1.29 is 19.4 Å². The maximum atomic E-state index is 12.1. The lowest BCUT2D eigenvalue weighted by molar-refractivity contribution is -0.133. The molecular formula is C15H19Cl2NO4. The Morgan fingerprint density at radius 2 is 2.14 bits per heavy atom. The SMILES string of the molecule is CC(C)O[C@@H]1CN(C(=O)COc2ccc(Cl)cc2Cl)C[C@H]1O. The number of nitrogens with zero attached hydrogens (tertiary/aromatic N) is 1. The number of rotatable bonds is 5. The highest BCUT2D eigenvalue weighted by Gasteiger charge is 2.35. The minimum absolute atomic E-state index is 0.00109. The van der Waals surface area contributed by atoms with Crippen molar-refractivity contribution in [3.05, 3.63) is 28.2 Å². The van der Waals surface area contributed by atoms with Crippen LogP contribution >= 0.6 is 23.2 Å². The molecule has 7 heteroatoms. The average molecular weight is 348 g/mol. The third kappa shape index (κ3) is 4.49. The fourth-order valence-electron chi connectivity index (χ4n) is 2.27. The summed E-state index contributed by atoms with van der Waals surface area (Å²) in [5.74, 6) is 0.175. The van der Waals surface area contributed by atoms with Gasteiger partial charge in [0, 0.05) is 18.1 Å². The number of carbonyl (C=O) groups is 1. The number of hydrogen-bond acceptors (Lipinski definition) is 4. The van der Waals surface area contributed by atoms with Crippen LogP contribution < -0.4 is 4.74 Å². The summed E-state index contributed by atoms with van der Waals surface area (Å²) in [6.45, 7) is 4.23. The van der Waals surface area contributed by atoms with Gasteiger partial charge in [-0.1, -0.05) is 23.2 Å². The van der Waals surface area contributed by atoms with E-state index >= 15 is 0 Å². The maximum Gasteiger partial charge on any atom is 0.260 e. The first kappa shape index (κ1) is 17.3. The Balaban J connectivity index is 1.88. The molecule has 0 aromatic heterocycles. The normalized spacial score (nSPS) is 21.5. The molecule has 0 spiro atoms. The molecule has 1 aromatic carbocycles. The van der Waals surface area contributed by atoms with Crippen molar-refractivity contribution in [2.75, 3.05) is 19.7 Å². The number of hydrogen-bond donors (Lipinski definition) is 1. The number of halogens is 2. The second-order valence-corrected chi connectivity index (χ2v) is 6.30. The van der Waals surface area contributed by atoms with Crippen LogP contribution in [-0.4, -0.2) is 53.9 Å². The molecule has 2 atom stereocenters. The Labute approximate surface area is 139 Å². The van der Waals surface area contributed by atoms with Crippen molar-refractivity contribution >= 4 is 29.1 Å². The van der Waals surface area contributed by atoms with Crippen molar-refractivity contribution in [2.24, 2.45) is 0 Å². The van der Waals surface area contributed by atoms with Crippen LogP contribution in [0.25, 0.3) is 0 Å². The van der Waals surface area contributed by atoms with Gasteiger partial charge in [-0.15, -0.1) is 0 Å². The molecule has 1 aliphatic heterocycles. The zero-order valence-electron chi connectivity index (χ0n) is 12.5. The lowest BCUT2D eigenvalue weighted by Gasteiger charge is -2.18. The maximum absolute atomic E-state index is 12.1. The minimum Gasteiger partial charge on any atom is -0.482 e. The predicted molar refractivity (Wildman–Crippen MR) is 84.6 cm³/mol. The van der Waals surface area contributed by atoms with Gasteiger partial charge in [0.05, 0.1) is 17.2 Å². The van der Waals surface area contributed by atoms with Gasteiger partial charge in [-0.05, 0) is 32.0 Å². The monoisotopic (exact) mass is 347 g/mol. The zero-order valence-corrected chi connectivity index (χ0v) is 14.0. The minimum atomic E-state index is -0.675. The third-order valence-corrected chi connectivity index (χ3v) is 3.81. The number of ether oxygens (including phenoxy) is 2. The number of β-amino-alcohol motifs (C(OH)–C–C–N with tert-alkyl or cyclic N) is 1. The smallest absolute Gasteiger partial charge is 0.260 e. The molecule has 0 unspecified atom stereocenters. The van der Waals surface area contributed by atoms with Crippen molar-refractivity contribution in [1.82, 2.24) is 4.90 Å². The van der Waals surface area contributed by atoms with Crippen LogP contribution in [0.1, 0.15) is 13.8 Å². The molecule has 1 heterocycles. The standard InChI is InChI=1S/C15H19Cl2NO4/c1-9(2)22-14-7-18(6-12(14)19)15(20)8-21-13-4-3-10(16)5-11(13)17/h3-5,9,12,14,19H,6-8H2,1-2H3/t12-,14-/m1/s1. The van der Waals surface area contributed by atoms with Crippen LogP contribution in [0.2, 0.25) is 10.0 Å². The first-order valence-electron chi connectivity index (χ1n) is 7.06. The highest BCUT2D eigenvalue weighted by molar-refractivity contribution is 6.35. The molecule has 1 saturated heterocycles. The van der Waals surface area contributed by atoms with Crippen LogP contribution in [0.3, 0.4) is 0 Å². The number of benzene rings is 1. The number of aliphatic hydroxyl groups excluding tert-OH is 1. The van der Waals surface area contributed by atoms with Crippen molar-refractivity contribution in [1.29, 1.82) is 0 Å². The Bertz CT molecular complexity index is 538. The van der Waals surface area contributed by atoms with Gasteiger partial charge in [0.15, 0.2) is 6.61 Å². The van der Waals surface area contributed by atoms with Gasteiger partial charge in [-0.3, -0.25) is 4.79 Å². The predicted octanol–water partition coefficient (Wildman–Crippen LogP) is 2.37. The number of carbonyl (C=O) groups excluding carboxylic acids is 1. The summed E-state index contributed by atoms with van der Waals surface area (Å²) in [5.41, 5.74) is 0. The van der Waals surface area contributed by atoms with Crippen molar-refractivity contribution in [2.45, 2.75) is 32.2 Å². The van der Waals surface area contributed by atoms with E-state index in [1.54, 1.807) is 18.2 Å². The lowest BCUT2D eigenvalue weighted by Crippen LogP contribution is -2.34. The van der Waals surface area contributed by atoms with Crippen LogP contribution in [-0.2, 0) is 9.53 Å². The van der Waals surface area contributed by atoms with Gasteiger partial charge in [-0.2, -0.15) is 0 Å². The molecule has 1 aliphatic rings. The summed E-state index contributed by atoms with van der Waals surface area (Å²) in [4.78, 5) is 13.7. The van der Waals surface area contributed by atoms with Gasteiger partial charge in [-0.25, -0.2) is 0 Å². The molecule has 1 N–H and O–H groups in total. The second-order valence-electron chi connectivity index (χ2n) is 5.45. The molecule has 122 valence electrons.